The normalized spacial score (nSPS) is 10.2. The molecule has 2 N–H and O–H groups in total. The fourth-order valence-corrected chi connectivity index (χ4v) is 1.64. The molecule has 0 aliphatic rings. The van der Waals surface area contributed by atoms with Crippen molar-refractivity contribution < 1.29 is 4.79 Å². The summed E-state index contributed by atoms with van der Waals surface area (Å²) in [5.41, 5.74) is 6.13. The molecule has 1 heterocycles. The third-order valence-corrected chi connectivity index (χ3v) is 3.07. The van der Waals surface area contributed by atoms with Crippen LogP contribution in [0.4, 0.5) is 0 Å². The first-order valence-electron chi connectivity index (χ1n) is 5.62. The van der Waals surface area contributed by atoms with Crippen LogP contribution in [0.25, 0.3) is 0 Å². The molecule has 0 saturated heterocycles. The van der Waals surface area contributed by atoms with Crippen LogP contribution >= 0.6 is 12.2 Å². The third-order valence-electron chi connectivity index (χ3n) is 2.85. The third kappa shape index (κ3) is 2.95. The minimum Gasteiger partial charge on any atom is -0.389 e. The van der Waals surface area contributed by atoms with Crippen molar-refractivity contribution in [2.45, 2.75) is 20.4 Å². The number of aryl methyl sites for hydroxylation is 1. The number of hydrogen-bond acceptors (Lipinski definition) is 3. The van der Waals surface area contributed by atoms with Gasteiger partial charge in [-0.05, 0) is 26.0 Å². The summed E-state index contributed by atoms with van der Waals surface area (Å²) in [6.45, 7) is 4.25. The molecule has 1 aromatic rings. The average Bonchev–Trinajstić information content (AvgIpc) is 2.32. The number of aromatic nitrogens is 1. The maximum atomic E-state index is 12.1. The van der Waals surface area contributed by atoms with Crippen molar-refractivity contribution in [1.82, 2.24) is 9.47 Å². The maximum Gasteiger partial charge on any atom is 0.261 e. The Bertz CT molecular complexity index is 537. The van der Waals surface area contributed by atoms with E-state index in [-0.39, 0.29) is 28.6 Å². The molecule has 0 aromatic carbocycles. The van der Waals surface area contributed by atoms with Crippen LogP contribution in [0.15, 0.2) is 16.9 Å². The second-order valence-corrected chi connectivity index (χ2v) is 4.49. The van der Waals surface area contributed by atoms with Gasteiger partial charge in [-0.1, -0.05) is 12.2 Å². The molecular weight excluding hydrogens is 250 g/mol. The summed E-state index contributed by atoms with van der Waals surface area (Å²) in [6, 6.07) is 3.32. The van der Waals surface area contributed by atoms with Gasteiger partial charge in [0.05, 0.1) is 5.56 Å². The molecule has 1 rings (SSSR count). The summed E-state index contributed by atoms with van der Waals surface area (Å²) < 4.78 is 1.39. The monoisotopic (exact) mass is 267 g/mol. The van der Waals surface area contributed by atoms with E-state index < -0.39 is 0 Å². The first-order valence-corrected chi connectivity index (χ1v) is 6.03. The topological polar surface area (TPSA) is 68.3 Å². The van der Waals surface area contributed by atoms with Crippen molar-refractivity contribution >= 4 is 23.1 Å². The smallest absolute Gasteiger partial charge is 0.261 e. The molecule has 1 amide bonds. The van der Waals surface area contributed by atoms with Crippen molar-refractivity contribution in [3.63, 3.8) is 0 Å². The van der Waals surface area contributed by atoms with Crippen molar-refractivity contribution in [2.24, 2.45) is 5.73 Å². The Morgan fingerprint density at radius 1 is 1.50 bits per heavy atom. The van der Waals surface area contributed by atoms with Crippen molar-refractivity contribution in [2.75, 3.05) is 13.6 Å². The van der Waals surface area contributed by atoms with Gasteiger partial charge in [-0.3, -0.25) is 9.59 Å². The van der Waals surface area contributed by atoms with E-state index in [1.165, 1.54) is 4.57 Å². The number of nitrogens with zero attached hydrogens (tertiary/aromatic N) is 2. The van der Waals surface area contributed by atoms with Crippen molar-refractivity contribution in [3.8, 4) is 0 Å². The molecule has 0 spiro atoms. The molecule has 18 heavy (non-hydrogen) atoms. The maximum absolute atomic E-state index is 12.1. The highest BCUT2D eigenvalue weighted by Crippen LogP contribution is 2.00. The lowest BCUT2D eigenvalue weighted by molar-refractivity contribution is -0.130. The Labute approximate surface area is 111 Å². The largest absolute Gasteiger partial charge is 0.389 e. The Hall–Kier alpha value is -1.69. The van der Waals surface area contributed by atoms with E-state index in [1.54, 1.807) is 31.0 Å². The molecule has 0 fully saturated rings. The Morgan fingerprint density at radius 3 is 2.61 bits per heavy atom. The highest BCUT2D eigenvalue weighted by molar-refractivity contribution is 7.80. The van der Waals surface area contributed by atoms with E-state index in [2.05, 4.69) is 0 Å². The second kappa shape index (κ2) is 5.77. The predicted octanol–water partition coefficient (Wildman–Crippen LogP) is 0.269. The molecule has 0 aliphatic heterocycles. The minimum absolute atomic E-state index is 0.00542. The molecule has 0 radical (unpaired) electrons. The molecule has 0 aliphatic carbocycles. The number of likely N-dealkylation sites (N-methyl/N-ethyl adjacent to an activating group) is 1. The summed E-state index contributed by atoms with van der Waals surface area (Å²) >= 11 is 4.81. The molecule has 0 bridgehead atoms. The van der Waals surface area contributed by atoms with Gasteiger partial charge in [0.15, 0.2) is 0 Å². The van der Waals surface area contributed by atoms with E-state index in [9.17, 15) is 9.59 Å². The molecule has 0 unspecified atom stereocenters. The van der Waals surface area contributed by atoms with Crippen molar-refractivity contribution in [3.05, 3.63) is 33.7 Å². The number of thiocarbonyl (C=S) groups is 1. The SMILES string of the molecule is CCN(C)C(=O)Cn1c(C)ccc(C(N)=S)c1=O. The van der Waals surface area contributed by atoms with Gasteiger partial charge in [0.2, 0.25) is 5.91 Å². The molecule has 5 nitrogen and oxygen atoms in total. The standard InChI is InChI=1S/C12H17N3O2S/c1-4-14(3)10(16)7-15-8(2)5-6-9(11(13)18)12(15)17/h5-6H,4,7H2,1-3H3,(H2,13,18). The van der Waals surface area contributed by atoms with Gasteiger partial charge in [0, 0.05) is 19.3 Å². The Morgan fingerprint density at radius 2 is 2.11 bits per heavy atom. The van der Waals surface area contributed by atoms with E-state index in [4.69, 9.17) is 18.0 Å². The number of nitrogens with two attached hydrogens (primary N) is 1. The number of carbonyl (C=O) groups is 1. The summed E-state index contributed by atoms with van der Waals surface area (Å²) in [5, 5.41) is 0. The zero-order valence-electron chi connectivity index (χ0n) is 10.8. The predicted molar refractivity (Wildman–Crippen MR) is 74.6 cm³/mol. The molecule has 6 heteroatoms. The van der Waals surface area contributed by atoms with E-state index >= 15 is 0 Å². The van der Waals surface area contributed by atoms with Crippen LogP contribution < -0.4 is 11.3 Å². The quantitative estimate of drug-likeness (QED) is 0.795. The van der Waals surface area contributed by atoms with Crippen LogP contribution in [-0.2, 0) is 11.3 Å². The van der Waals surface area contributed by atoms with Gasteiger partial charge in [0.1, 0.15) is 11.5 Å². The lowest BCUT2D eigenvalue weighted by atomic mass is 10.2. The summed E-state index contributed by atoms with van der Waals surface area (Å²) in [5.74, 6) is -0.122. The van der Waals surface area contributed by atoms with Crippen molar-refractivity contribution in [1.29, 1.82) is 0 Å². The van der Waals surface area contributed by atoms with Crippen LogP contribution in [-0.4, -0.2) is 34.0 Å². The zero-order valence-corrected chi connectivity index (χ0v) is 11.6. The van der Waals surface area contributed by atoms with Gasteiger partial charge < -0.3 is 15.2 Å². The summed E-state index contributed by atoms with van der Waals surface area (Å²) in [7, 11) is 1.69. The lowest BCUT2D eigenvalue weighted by Gasteiger charge is -2.17. The molecular formula is C12H17N3O2S. The van der Waals surface area contributed by atoms with Gasteiger partial charge in [-0.15, -0.1) is 0 Å². The molecule has 98 valence electrons. The average molecular weight is 267 g/mol. The molecule has 0 atom stereocenters. The number of hydrogen-bond donors (Lipinski definition) is 1. The highest BCUT2D eigenvalue weighted by atomic mass is 32.1. The molecule has 0 saturated carbocycles. The van der Waals surface area contributed by atoms with E-state index in [0.29, 0.717) is 12.2 Å². The fraction of sp³-hybridized carbons (Fsp3) is 0.417. The van der Waals surface area contributed by atoms with Crippen LogP contribution in [0.5, 0.6) is 0 Å². The molecule has 1 aromatic heterocycles. The lowest BCUT2D eigenvalue weighted by Crippen LogP contribution is -2.37. The summed E-state index contributed by atoms with van der Waals surface area (Å²) in [6.07, 6.45) is 0. The van der Waals surface area contributed by atoms with Gasteiger partial charge >= 0.3 is 0 Å². The Balaban J connectivity index is 3.17. The number of amides is 1. The Kier molecular flexibility index (Phi) is 4.61. The zero-order chi connectivity index (χ0) is 13.9. The van der Waals surface area contributed by atoms with Gasteiger partial charge in [-0.25, -0.2) is 0 Å². The van der Waals surface area contributed by atoms with E-state index in [1.807, 2.05) is 6.92 Å². The van der Waals surface area contributed by atoms with Gasteiger partial charge in [-0.2, -0.15) is 0 Å². The fourth-order valence-electron chi connectivity index (χ4n) is 1.49. The van der Waals surface area contributed by atoms with Crippen LogP contribution in [0.3, 0.4) is 0 Å². The summed E-state index contributed by atoms with van der Waals surface area (Å²) in [4.78, 5) is 25.5. The van der Waals surface area contributed by atoms with Crippen LogP contribution in [0, 0.1) is 6.92 Å². The van der Waals surface area contributed by atoms with E-state index in [0.717, 1.165) is 0 Å². The number of rotatable bonds is 4. The number of pyridine rings is 1. The van der Waals surface area contributed by atoms with Crippen LogP contribution in [0.1, 0.15) is 18.2 Å². The number of carbonyl (C=O) groups excluding carboxylic acids is 1. The van der Waals surface area contributed by atoms with Crippen LogP contribution in [0.2, 0.25) is 0 Å². The first kappa shape index (κ1) is 14.4. The van der Waals surface area contributed by atoms with Gasteiger partial charge in [0.25, 0.3) is 5.56 Å². The highest BCUT2D eigenvalue weighted by Gasteiger charge is 2.13. The minimum atomic E-state index is -0.319. The first-order chi connectivity index (χ1) is 8.38. The second-order valence-electron chi connectivity index (χ2n) is 4.05.